The maximum atomic E-state index is 12.0. The number of amides is 1. The van der Waals surface area contributed by atoms with Gasteiger partial charge in [-0.15, -0.1) is 11.3 Å². The number of nitrogens with two attached hydrogens (primary N) is 1. The molecule has 1 saturated carbocycles. The fourth-order valence-corrected chi connectivity index (χ4v) is 4.44. The summed E-state index contributed by atoms with van der Waals surface area (Å²) in [5.74, 6) is -0.814. The summed E-state index contributed by atoms with van der Waals surface area (Å²) in [6.45, 7) is 0. The Kier molecular flexibility index (Phi) is 3.50. The molecule has 94 valence electrons. The van der Waals surface area contributed by atoms with Crippen molar-refractivity contribution in [2.24, 2.45) is 11.7 Å². The Morgan fingerprint density at radius 1 is 1.47 bits per heavy atom. The molecule has 2 unspecified atom stereocenters. The average molecular weight is 274 g/mol. The van der Waals surface area contributed by atoms with Gasteiger partial charge in [0, 0.05) is 6.04 Å². The first-order chi connectivity index (χ1) is 8.00. The van der Waals surface area contributed by atoms with E-state index in [4.69, 9.17) is 5.73 Å². The third kappa shape index (κ3) is 2.67. The minimum absolute atomic E-state index is 0.271. The lowest BCUT2D eigenvalue weighted by atomic mass is 10.0. The molecule has 1 aliphatic carbocycles. The van der Waals surface area contributed by atoms with E-state index in [0.29, 0.717) is 12.8 Å². The van der Waals surface area contributed by atoms with Crippen molar-refractivity contribution in [3.8, 4) is 0 Å². The van der Waals surface area contributed by atoms with Crippen LogP contribution in [0.2, 0.25) is 0 Å². The SMILES string of the molecule is NC(=O)C1CCCC1NS(=O)(=O)c1cccs1. The van der Waals surface area contributed by atoms with Gasteiger partial charge in [0.15, 0.2) is 0 Å². The van der Waals surface area contributed by atoms with Crippen LogP contribution in [0.3, 0.4) is 0 Å². The van der Waals surface area contributed by atoms with Crippen molar-refractivity contribution in [2.45, 2.75) is 29.5 Å². The number of rotatable bonds is 4. The molecule has 5 nitrogen and oxygen atoms in total. The number of sulfonamides is 1. The van der Waals surface area contributed by atoms with Gasteiger partial charge in [0.1, 0.15) is 4.21 Å². The number of carbonyl (C=O) groups is 1. The van der Waals surface area contributed by atoms with Crippen molar-refractivity contribution in [1.82, 2.24) is 4.72 Å². The molecule has 17 heavy (non-hydrogen) atoms. The van der Waals surface area contributed by atoms with Gasteiger partial charge in [-0.25, -0.2) is 13.1 Å². The summed E-state index contributed by atoms with van der Waals surface area (Å²) < 4.78 is 26.8. The van der Waals surface area contributed by atoms with E-state index >= 15 is 0 Å². The zero-order valence-corrected chi connectivity index (χ0v) is 10.8. The van der Waals surface area contributed by atoms with Gasteiger partial charge in [0.2, 0.25) is 15.9 Å². The predicted molar refractivity (Wildman–Crippen MR) is 65.0 cm³/mol. The first-order valence-electron chi connectivity index (χ1n) is 5.36. The molecule has 7 heteroatoms. The Morgan fingerprint density at radius 2 is 2.24 bits per heavy atom. The van der Waals surface area contributed by atoms with E-state index in [0.717, 1.165) is 17.8 Å². The van der Waals surface area contributed by atoms with Gasteiger partial charge in [-0.1, -0.05) is 12.5 Å². The molecule has 0 saturated heterocycles. The second-order valence-electron chi connectivity index (χ2n) is 4.10. The van der Waals surface area contributed by atoms with Gasteiger partial charge in [-0.2, -0.15) is 0 Å². The predicted octanol–water partition coefficient (Wildman–Crippen LogP) is 0.680. The molecule has 1 heterocycles. The number of primary amides is 1. The van der Waals surface area contributed by atoms with Gasteiger partial charge < -0.3 is 5.73 Å². The molecular formula is C10H14N2O3S2. The highest BCUT2D eigenvalue weighted by molar-refractivity contribution is 7.91. The molecule has 0 aliphatic heterocycles. The zero-order valence-electron chi connectivity index (χ0n) is 9.13. The van der Waals surface area contributed by atoms with Crippen LogP contribution in [0.15, 0.2) is 21.7 Å². The Bertz CT molecular complexity index is 496. The van der Waals surface area contributed by atoms with Crippen molar-refractivity contribution in [2.75, 3.05) is 0 Å². The largest absolute Gasteiger partial charge is 0.369 e. The summed E-state index contributed by atoms with van der Waals surface area (Å²) >= 11 is 1.16. The normalized spacial score (nSPS) is 24.9. The Hall–Kier alpha value is -0.920. The van der Waals surface area contributed by atoms with E-state index < -0.39 is 15.9 Å². The smallest absolute Gasteiger partial charge is 0.250 e. The number of hydrogen-bond donors (Lipinski definition) is 2. The molecule has 2 atom stereocenters. The van der Waals surface area contributed by atoms with Gasteiger partial charge in [-0.3, -0.25) is 4.79 Å². The summed E-state index contributed by atoms with van der Waals surface area (Å²) in [7, 11) is -3.51. The van der Waals surface area contributed by atoms with E-state index in [1.807, 2.05) is 0 Å². The standard InChI is InChI=1S/C10H14N2O3S2/c11-10(13)7-3-1-4-8(7)12-17(14,15)9-5-2-6-16-9/h2,5-8,12H,1,3-4H2,(H2,11,13). The highest BCUT2D eigenvalue weighted by Crippen LogP contribution is 2.27. The summed E-state index contributed by atoms with van der Waals surface area (Å²) in [6.07, 6.45) is 2.15. The Balaban J connectivity index is 2.14. The molecular weight excluding hydrogens is 260 g/mol. The maximum Gasteiger partial charge on any atom is 0.250 e. The van der Waals surface area contributed by atoms with Crippen LogP contribution in [0.5, 0.6) is 0 Å². The second kappa shape index (κ2) is 4.75. The van der Waals surface area contributed by atoms with E-state index in [1.54, 1.807) is 17.5 Å². The fourth-order valence-electron chi connectivity index (χ4n) is 2.12. The van der Waals surface area contributed by atoms with Crippen molar-refractivity contribution < 1.29 is 13.2 Å². The lowest BCUT2D eigenvalue weighted by molar-refractivity contribution is -0.122. The van der Waals surface area contributed by atoms with E-state index in [1.165, 1.54) is 0 Å². The van der Waals surface area contributed by atoms with Crippen LogP contribution >= 0.6 is 11.3 Å². The van der Waals surface area contributed by atoms with E-state index in [2.05, 4.69) is 4.72 Å². The van der Waals surface area contributed by atoms with Crippen LogP contribution in [0.25, 0.3) is 0 Å². The van der Waals surface area contributed by atoms with E-state index in [-0.39, 0.29) is 16.2 Å². The van der Waals surface area contributed by atoms with Gasteiger partial charge in [-0.05, 0) is 24.3 Å². The quantitative estimate of drug-likeness (QED) is 0.846. The molecule has 1 amide bonds. The van der Waals surface area contributed by atoms with E-state index in [9.17, 15) is 13.2 Å². The molecule has 0 spiro atoms. The van der Waals surface area contributed by atoms with Crippen molar-refractivity contribution in [3.63, 3.8) is 0 Å². The lowest BCUT2D eigenvalue weighted by Crippen LogP contribution is -2.42. The van der Waals surface area contributed by atoms with Gasteiger partial charge >= 0.3 is 0 Å². The van der Waals surface area contributed by atoms with Crippen molar-refractivity contribution >= 4 is 27.3 Å². The van der Waals surface area contributed by atoms with Crippen LogP contribution in [0.1, 0.15) is 19.3 Å². The summed E-state index contributed by atoms with van der Waals surface area (Å²) in [5.41, 5.74) is 5.25. The maximum absolute atomic E-state index is 12.0. The minimum Gasteiger partial charge on any atom is -0.369 e. The molecule has 0 aromatic carbocycles. The van der Waals surface area contributed by atoms with Crippen LogP contribution < -0.4 is 10.5 Å². The number of carbonyl (C=O) groups excluding carboxylic acids is 1. The molecule has 2 rings (SSSR count). The topological polar surface area (TPSA) is 89.3 Å². The lowest BCUT2D eigenvalue weighted by Gasteiger charge is -2.17. The minimum atomic E-state index is -3.51. The number of hydrogen-bond acceptors (Lipinski definition) is 4. The monoisotopic (exact) mass is 274 g/mol. The van der Waals surface area contributed by atoms with Crippen LogP contribution in [-0.4, -0.2) is 20.4 Å². The Morgan fingerprint density at radius 3 is 2.82 bits per heavy atom. The highest BCUT2D eigenvalue weighted by atomic mass is 32.2. The molecule has 3 N–H and O–H groups in total. The molecule has 1 fully saturated rings. The summed E-state index contributed by atoms with van der Waals surface area (Å²) in [6, 6.07) is 2.86. The zero-order chi connectivity index (χ0) is 12.5. The molecule has 1 aromatic rings. The van der Waals surface area contributed by atoms with Crippen molar-refractivity contribution in [1.29, 1.82) is 0 Å². The average Bonchev–Trinajstić information content (AvgIpc) is 2.85. The first-order valence-corrected chi connectivity index (χ1v) is 7.72. The fraction of sp³-hybridized carbons (Fsp3) is 0.500. The van der Waals surface area contributed by atoms with Crippen molar-refractivity contribution in [3.05, 3.63) is 17.5 Å². The highest BCUT2D eigenvalue weighted by Gasteiger charge is 2.34. The number of nitrogens with one attached hydrogen (secondary N) is 1. The molecule has 1 aliphatic rings. The van der Waals surface area contributed by atoms with Gasteiger partial charge in [0.25, 0.3) is 0 Å². The second-order valence-corrected chi connectivity index (χ2v) is 6.99. The third-order valence-electron chi connectivity index (χ3n) is 2.95. The van der Waals surface area contributed by atoms with Crippen LogP contribution in [0, 0.1) is 5.92 Å². The first kappa shape index (κ1) is 12.5. The molecule has 0 bridgehead atoms. The van der Waals surface area contributed by atoms with Crippen LogP contribution in [0.4, 0.5) is 0 Å². The number of thiophene rings is 1. The summed E-state index contributed by atoms with van der Waals surface area (Å²) in [4.78, 5) is 11.2. The van der Waals surface area contributed by atoms with Crippen LogP contribution in [-0.2, 0) is 14.8 Å². The van der Waals surface area contributed by atoms with Gasteiger partial charge in [0.05, 0.1) is 5.92 Å². The third-order valence-corrected chi connectivity index (χ3v) is 5.84. The molecule has 1 aromatic heterocycles. The summed E-state index contributed by atoms with van der Waals surface area (Å²) in [5, 5.41) is 1.70. The Labute approximate surface area is 104 Å². The molecule has 0 radical (unpaired) electrons.